The first-order valence-corrected chi connectivity index (χ1v) is 19.0. The topological polar surface area (TPSA) is 261 Å². The fourth-order valence-electron chi connectivity index (χ4n) is 3.89. The number of anilines is 1. The summed E-state index contributed by atoms with van der Waals surface area (Å²) in [7, 11) is -13.6. The summed E-state index contributed by atoms with van der Waals surface area (Å²) in [6.07, 6.45) is 1.29. The van der Waals surface area contributed by atoms with Crippen LogP contribution in [0.4, 0.5) is 5.82 Å². The molecular formula is C20H34N5O12P3S2. The minimum Gasteiger partial charge on any atom is -0.383 e. The minimum absolute atomic E-state index is 0.0501. The Morgan fingerprint density at radius 3 is 2.50 bits per heavy atom. The van der Waals surface area contributed by atoms with Crippen molar-refractivity contribution in [3.05, 3.63) is 24.7 Å². The van der Waals surface area contributed by atoms with Gasteiger partial charge in [-0.1, -0.05) is 48.9 Å². The van der Waals surface area contributed by atoms with Crippen LogP contribution in [-0.4, -0.2) is 70.2 Å². The molecule has 0 aromatic carbocycles. The molecule has 17 nitrogen and oxygen atoms in total. The van der Waals surface area contributed by atoms with Crippen molar-refractivity contribution in [2.24, 2.45) is 5.73 Å². The smallest absolute Gasteiger partial charge is 0.383 e. The quantitative estimate of drug-likeness (QED) is 0.0674. The van der Waals surface area contributed by atoms with Gasteiger partial charge in [-0.05, 0) is 18.5 Å². The average Bonchev–Trinajstić information content (AvgIpc) is 3.40. The Morgan fingerprint density at radius 1 is 1.19 bits per heavy atom. The third-order valence-electron chi connectivity index (χ3n) is 5.41. The zero-order chi connectivity index (χ0) is 31.5. The number of fused-ring (bicyclic) bond motifs is 1. The van der Waals surface area contributed by atoms with Crippen LogP contribution in [-0.2, 0) is 36.3 Å². The van der Waals surface area contributed by atoms with Crippen LogP contribution in [0.2, 0.25) is 0 Å². The van der Waals surface area contributed by atoms with Crippen molar-refractivity contribution >= 4 is 67.5 Å². The van der Waals surface area contributed by atoms with Crippen molar-refractivity contribution in [2.45, 2.75) is 56.8 Å². The largest absolute Gasteiger partial charge is 0.490 e. The summed E-state index contributed by atoms with van der Waals surface area (Å²) in [5.74, 6) is 0.437. The molecule has 0 bridgehead atoms. The van der Waals surface area contributed by atoms with E-state index >= 15 is 0 Å². The second-order valence-electron chi connectivity index (χ2n) is 9.94. The van der Waals surface area contributed by atoms with E-state index in [1.165, 1.54) is 17.1 Å². The fraction of sp³-hybridized carbons (Fsp3) is 0.600. The molecule has 1 fully saturated rings. The summed E-state index contributed by atoms with van der Waals surface area (Å²) in [5, 5.41) is 0.547. The predicted molar refractivity (Wildman–Crippen MR) is 158 cm³/mol. The van der Waals surface area contributed by atoms with E-state index in [0.717, 1.165) is 0 Å². The molecule has 5 atom stereocenters. The van der Waals surface area contributed by atoms with Gasteiger partial charge in [0.05, 0.1) is 18.1 Å². The van der Waals surface area contributed by atoms with Gasteiger partial charge in [-0.3, -0.25) is 4.52 Å². The molecule has 2 aromatic heterocycles. The van der Waals surface area contributed by atoms with Crippen molar-refractivity contribution in [1.29, 1.82) is 0 Å². The van der Waals surface area contributed by atoms with Gasteiger partial charge in [0.1, 0.15) is 36.1 Å². The van der Waals surface area contributed by atoms with Gasteiger partial charge in [-0.15, -0.1) is 0 Å². The molecule has 1 saturated heterocycles. The monoisotopic (exact) mass is 693 g/mol. The molecule has 0 saturated carbocycles. The lowest BCUT2D eigenvalue weighted by Gasteiger charge is -2.22. The second kappa shape index (κ2) is 14.1. The Kier molecular flexibility index (Phi) is 11.9. The summed E-state index contributed by atoms with van der Waals surface area (Å²) in [5.41, 5.74) is 13.7. The molecule has 3 rings (SSSR count). The van der Waals surface area contributed by atoms with Crippen LogP contribution < -0.4 is 11.5 Å². The van der Waals surface area contributed by atoms with E-state index < -0.39 is 48.5 Å². The highest BCUT2D eigenvalue weighted by Gasteiger charge is 2.44. The van der Waals surface area contributed by atoms with Gasteiger partial charge in [0, 0.05) is 22.9 Å². The van der Waals surface area contributed by atoms with Gasteiger partial charge >= 0.3 is 23.5 Å². The minimum atomic E-state index is -5.68. The molecule has 238 valence electrons. The first-order valence-electron chi connectivity index (χ1n) is 12.2. The van der Waals surface area contributed by atoms with E-state index in [2.05, 4.69) is 25.2 Å². The van der Waals surface area contributed by atoms with Crippen LogP contribution in [0.15, 0.2) is 19.1 Å². The summed E-state index contributed by atoms with van der Waals surface area (Å²) in [6, 6.07) is 0. The zero-order valence-corrected chi connectivity index (χ0v) is 27.2. The number of rotatable bonds is 15. The highest BCUT2D eigenvalue weighted by atomic mass is 33.1. The first kappa shape index (κ1) is 35.6. The van der Waals surface area contributed by atoms with Crippen LogP contribution in [0.1, 0.15) is 45.4 Å². The third-order valence-corrected chi connectivity index (χ3v) is 12.2. The standard InChI is InChI=1S/C20H34N5O12P3S2/c1-12(5-6-21)13-8-25(19-17(13)18(22)23-10-24-19)16-7-14(33-11-41-42-20(2,3)4)15(35-16)9-34-39(29,30)37-40(31,32)36-38(26,27)28/h8,10,14-16H,1,5-7,9,11,21H2,2-4H3,(H,29,30)(H,31,32)(H2,22,23,24)(H2,26,27,28)/t14?,15-,16-/m1/s1. The van der Waals surface area contributed by atoms with Gasteiger partial charge in [0.2, 0.25) is 0 Å². The lowest BCUT2D eigenvalue weighted by molar-refractivity contribution is -0.0520. The summed E-state index contributed by atoms with van der Waals surface area (Å²) in [4.78, 5) is 45.3. The summed E-state index contributed by atoms with van der Waals surface area (Å²) >= 11 is 0. The Morgan fingerprint density at radius 2 is 1.88 bits per heavy atom. The van der Waals surface area contributed by atoms with Crippen molar-refractivity contribution in [2.75, 3.05) is 24.8 Å². The van der Waals surface area contributed by atoms with Crippen LogP contribution in [0.3, 0.4) is 0 Å². The van der Waals surface area contributed by atoms with Crippen LogP contribution in [0, 0.1) is 0 Å². The van der Waals surface area contributed by atoms with E-state index in [9.17, 15) is 23.5 Å². The van der Waals surface area contributed by atoms with Gasteiger partial charge < -0.3 is 45.1 Å². The van der Waals surface area contributed by atoms with Gasteiger partial charge in [-0.2, -0.15) is 8.62 Å². The van der Waals surface area contributed by atoms with Crippen molar-refractivity contribution in [1.82, 2.24) is 14.5 Å². The van der Waals surface area contributed by atoms with E-state index in [0.29, 0.717) is 35.1 Å². The number of hydrogen-bond acceptors (Lipinski definition) is 14. The van der Waals surface area contributed by atoms with E-state index in [-0.39, 0.29) is 22.9 Å². The first-order chi connectivity index (χ1) is 19.3. The number of nitrogen functional groups attached to an aromatic ring is 1. The number of phosphoric ester groups is 1. The van der Waals surface area contributed by atoms with Gasteiger partial charge in [-0.25, -0.2) is 23.7 Å². The molecule has 3 heterocycles. The molecule has 0 aliphatic carbocycles. The highest BCUT2D eigenvalue weighted by molar-refractivity contribution is 8.77. The molecule has 1 aliphatic rings. The number of hydrogen-bond donors (Lipinski definition) is 6. The number of nitrogens with zero attached hydrogens (tertiary/aromatic N) is 3. The van der Waals surface area contributed by atoms with Gasteiger partial charge in [0.15, 0.2) is 0 Å². The fourth-order valence-corrected chi connectivity index (χ4v) is 8.92. The van der Waals surface area contributed by atoms with Gasteiger partial charge in [0.25, 0.3) is 0 Å². The Balaban J connectivity index is 1.84. The number of ether oxygens (including phenoxy) is 2. The molecule has 0 radical (unpaired) electrons. The molecule has 0 spiro atoms. The maximum absolute atomic E-state index is 12.3. The molecule has 2 aromatic rings. The molecule has 42 heavy (non-hydrogen) atoms. The normalized spacial score (nSPS) is 22.7. The lowest BCUT2D eigenvalue weighted by atomic mass is 10.1. The van der Waals surface area contributed by atoms with Crippen molar-refractivity contribution in [3.63, 3.8) is 0 Å². The maximum Gasteiger partial charge on any atom is 0.490 e. The average molecular weight is 694 g/mol. The molecular weight excluding hydrogens is 659 g/mol. The molecule has 1 aliphatic heterocycles. The Bertz CT molecular complexity index is 1420. The molecule has 0 amide bonds. The number of aromatic nitrogens is 3. The summed E-state index contributed by atoms with van der Waals surface area (Å²) < 4.78 is 61.2. The highest BCUT2D eigenvalue weighted by Crippen LogP contribution is 2.66. The predicted octanol–water partition coefficient (Wildman–Crippen LogP) is 3.53. The lowest BCUT2D eigenvalue weighted by Crippen LogP contribution is -2.29. The van der Waals surface area contributed by atoms with Crippen LogP contribution >= 0.6 is 45.1 Å². The van der Waals surface area contributed by atoms with E-state index in [1.807, 2.05) is 20.8 Å². The molecule has 8 N–H and O–H groups in total. The molecule has 3 unspecified atom stereocenters. The number of nitrogens with two attached hydrogens (primary N) is 2. The second-order valence-corrected chi connectivity index (χ2v) is 17.4. The maximum atomic E-state index is 12.3. The van der Waals surface area contributed by atoms with Crippen molar-refractivity contribution < 1.29 is 55.9 Å². The van der Waals surface area contributed by atoms with Crippen LogP contribution in [0.25, 0.3) is 16.6 Å². The third kappa shape index (κ3) is 10.4. The Hall–Kier alpha value is -0.850. The Labute approximate surface area is 249 Å². The van der Waals surface area contributed by atoms with Crippen molar-refractivity contribution in [3.8, 4) is 0 Å². The zero-order valence-electron chi connectivity index (χ0n) is 22.8. The number of phosphoric acid groups is 3. The van der Waals surface area contributed by atoms with E-state index in [4.69, 9.17) is 35.3 Å². The van der Waals surface area contributed by atoms with E-state index in [1.54, 1.807) is 21.6 Å². The summed E-state index contributed by atoms with van der Waals surface area (Å²) in [6.45, 7) is 9.86. The van der Waals surface area contributed by atoms with Crippen LogP contribution in [0.5, 0.6) is 0 Å². The SMILES string of the molecule is C=C(CCN)c1cn([C@H]2CC(OCSSC(C)(C)C)[C@@H](COP(=O)(O)OP(=O)(O)OP(=O)(O)O)O2)c2ncnc(N)c12. The molecule has 22 heteroatoms.